The molecule has 0 spiro atoms. The Hall–Kier alpha value is -0.600. The van der Waals surface area contributed by atoms with Crippen LogP contribution in [-0.4, -0.2) is 16.0 Å². The van der Waals surface area contributed by atoms with E-state index in [9.17, 15) is 0 Å². The minimum absolute atomic E-state index is 0.369. The molecule has 0 aromatic carbocycles. The topological polar surface area (TPSA) is 40.5 Å². The highest BCUT2D eigenvalue weighted by Crippen LogP contribution is 2.13. The molecule has 0 heterocycles. The van der Waals surface area contributed by atoms with Gasteiger partial charge in [0, 0.05) is 6.42 Å². The Labute approximate surface area is 74.2 Å². The molecular weight excluding hydrogens is 152 g/mol. The smallest absolute Gasteiger partial charge is 0.182 e. The molecule has 0 aliphatic rings. The molecule has 0 unspecified atom stereocenters. The lowest BCUT2D eigenvalue weighted by atomic mass is 10.1. The molecule has 0 saturated heterocycles. The molecule has 0 saturated carbocycles. The van der Waals surface area contributed by atoms with Crippen molar-refractivity contribution in [1.29, 1.82) is 0 Å². The number of allylic oxidation sites excluding steroid dienone is 1. The van der Waals surface area contributed by atoms with Gasteiger partial charge in [0.1, 0.15) is 0 Å². The average Bonchev–Trinajstić information content (AvgIpc) is 2.04. The first-order valence-corrected chi connectivity index (χ1v) is 4.31. The quantitative estimate of drug-likeness (QED) is 0.348. The van der Waals surface area contributed by atoms with Crippen LogP contribution >= 0.6 is 0 Å². The number of hydrogen-bond acceptors (Lipinski definition) is 2. The number of rotatable bonds is 7. The third-order valence-corrected chi connectivity index (χ3v) is 1.78. The normalized spacial score (nSPS) is 11.2. The zero-order chi connectivity index (χ0) is 9.45. The molecule has 0 atom stereocenters. The van der Waals surface area contributed by atoms with Crippen LogP contribution in [0.4, 0.5) is 0 Å². The van der Waals surface area contributed by atoms with Gasteiger partial charge in [-0.3, -0.25) is 0 Å². The van der Waals surface area contributed by atoms with Crippen molar-refractivity contribution in [2.45, 2.75) is 37.9 Å². The maximum atomic E-state index is 9.10. The number of aliphatic hydroxyl groups is 2. The summed E-state index contributed by atoms with van der Waals surface area (Å²) in [5, 5.41) is 18.2. The number of hydrogen-bond donors (Lipinski definition) is 2. The van der Waals surface area contributed by atoms with Crippen molar-refractivity contribution >= 4 is 0 Å². The third-order valence-electron chi connectivity index (χ3n) is 1.78. The largest absolute Gasteiger partial charge is 0.362 e. The fourth-order valence-corrected chi connectivity index (χ4v) is 0.953. The molecule has 0 rings (SSSR count). The van der Waals surface area contributed by atoms with E-state index in [4.69, 9.17) is 10.2 Å². The van der Waals surface area contributed by atoms with Gasteiger partial charge in [-0.05, 0) is 25.3 Å². The van der Waals surface area contributed by atoms with Crippen molar-refractivity contribution in [3.63, 3.8) is 0 Å². The second kappa shape index (κ2) is 5.98. The van der Waals surface area contributed by atoms with Crippen molar-refractivity contribution in [3.05, 3.63) is 25.3 Å². The van der Waals surface area contributed by atoms with Crippen LogP contribution in [0.25, 0.3) is 0 Å². The summed E-state index contributed by atoms with van der Waals surface area (Å²) in [6, 6.07) is 0. The van der Waals surface area contributed by atoms with Crippen LogP contribution in [0.5, 0.6) is 0 Å². The van der Waals surface area contributed by atoms with Crippen molar-refractivity contribution in [2.24, 2.45) is 0 Å². The second-order valence-electron chi connectivity index (χ2n) is 2.97. The summed E-state index contributed by atoms with van der Waals surface area (Å²) in [6.45, 7) is 6.94. The molecule has 12 heavy (non-hydrogen) atoms. The summed E-state index contributed by atoms with van der Waals surface area (Å²) < 4.78 is 0. The highest BCUT2D eigenvalue weighted by molar-refractivity contribution is 4.85. The number of unbranched alkanes of at least 4 members (excludes halogenated alkanes) is 3. The first-order valence-electron chi connectivity index (χ1n) is 4.31. The van der Waals surface area contributed by atoms with E-state index >= 15 is 0 Å². The van der Waals surface area contributed by atoms with Gasteiger partial charge in [0.15, 0.2) is 5.79 Å². The first-order chi connectivity index (χ1) is 5.62. The fraction of sp³-hybridized carbons (Fsp3) is 0.600. The predicted octanol–water partition coefficient (Wildman–Crippen LogP) is 1.99. The predicted molar refractivity (Wildman–Crippen MR) is 50.6 cm³/mol. The molecule has 0 aliphatic carbocycles. The van der Waals surface area contributed by atoms with Crippen LogP contribution in [0.3, 0.4) is 0 Å². The zero-order valence-corrected chi connectivity index (χ0v) is 7.50. The third kappa shape index (κ3) is 6.13. The molecule has 70 valence electrons. The van der Waals surface area contributed by atoms with Gasteiger partial charge in [0.05, 0.1) is 0 Å². The Balaban J connectivity index is 3.30. The standard InChI is InChI=1S/C10H18O2/c1-3-5-6-7-8-9-10(11,12)4-2/h3-4,11-12H,1-2,5-9H2. The van der Waals surface area contributed by atoms with E-state index in [0.717, 1.165) is 25.7 Å². The lowest BCUT2D eigenvalue weighted by Gasteiger charge is -2.15. The van der Waals surface area contributed by atoms with E-state index in [1.807, 2.05) is 6.08 Å². The monoisotopic (exact) mass is 170 g/mol. The van der Waals surface area contributed by atoms with Crippen LogP contribution in [-0.2, 0) is 0 Å². The Morgan fingerprint density at radius 2 is 1.75 bits per heavy atom. The van der Waals surface area contributed by atoms with Gasteiger partial charge in [-0.1, -0.05) is 19.1 Å². The maximum Gasteiger partial charge on any atom is 0.182 e. The zero-order valence-electron chi connectivity index (χ0n) is 7.50. The van der Waals surface area contributed by atoms with E-state index in [0.29, 0.717) is 6.42 Å². The molecule has 2 N–H and O–H groups in total. The van der Waals surface area contributed by atoms with Gasteiger partial charge in [-0.2, -0.15) is 0 Å². The molecule has 2 nitrogen and oxygen atoms in total. The lowest BCUT2D eigenvalue weighted by molar-refractivity contribution is -0.123. The van der Waals surface area contributed by atoms with Crippen LogP contribution in [0, 0.1) is 0 Å². The van der Waals surface area contributed by atoms with Crippen LogP contribution in [0.1, 0.15) is 32.1 Å². The van der Waals surface area contributed by atoms with Crippen molar-refractivity contribution in [1.82, 2.24) is 0 Å². The maximum absolute atomic E-state index is 9.10. The van der Waals surface area contributed by atoms with Gasteiger partial charge in [0.2, 0.25) is 0 Å². The van der Waals surface area contributed by atoms with E-state index in [1.54, 1.807) is 0 Å². The highest BCUT2D eigenvalue weighted by atomic mass is 16.5. The summed E-state index contributed by atoms with van der Waals surface area (Å²) in [5.41, 5.74) is 0. The summed E-state index contributed by atoms with van der Waals surface area (Å²) in [4.78, 5) is 0. The minimum Gasteiger partial charge on any atom is -0.362 e. The summed E-state index contributed by atoms with van der Waals surface area (Å²) in [7, 11) is 0. The Morgan fingerprint density at radius 1 is 1.08 bits per heavy atom. The summed E-state index contributed by atoms with van der Waals surface area (Å²) in [6.07, 6.45) is 7.29. The van der Waals surface area contributed by atoms with Gasteiger partial charge in [-0.25, -0.2) is 0 Å². The van der Waals surface area contributed by atoms with E-state index < -0.39 is 5.79 Å². The van der Waals surface area contributed by atoms with Crippen LogP contribution in [0.2, 0.25) is 0 Å². The van der Waals surface area contributed by atoms with Crippen molar-refractivity contribution in [3.8, 4) is 0 Å². The average molecular weight is 170 g/mol. The molecule has 0 aromatic heterocycles. The molecule has 0 aromatic rings. The van der Waals surface area contributed by atoms with Crippen LogP contribution < -0.4 is 0 Å². The summed E-state index contributed by atoms with van der Waals surface area (Å²) >= 11 is 0. The first kappa shape index (κ1) is 11.4. The van der Waals surface area contributed by atoms with Gasteiger partial charge in [-0.15, -0.1) is 6.58 Å². The fourth-order valence-electron chi connectivity index (χ4n) is 0.953. The van der Waals surface area contributed by atoms with Gasteiger partial charge < -0.3 is 10.2 Å². The van der Waals surface area contributed by atoms with Crippen molar-refractivity contribution < 1.29 is 10.2 Å². The molecule has 0 bridgehead atoms. The molecular formula is C10H18O2. The second-order valence-corrected chi connectivity index (χ2v) is 2.97. The molecule has 0 amide bonds. The highest BCUT2D eigenvalue weighted by Gasteiger charge is 2.16. The van der Waals surface area contributed by atoms with Crippen LogP contribution in [0.15, 0.2) is 25.3 Å². The van der Waals surface area contributed by atoms with E-state index in [-0.39, 0.29) is 0 Å². The van der Waals surface area contributed by atoms with Gasteiger partial charge >= 0.3 is 0 Å². The lowest BCUT2D eigenvalue weighted by Crippen LogP contribution is -2.23. The Morgan fingerprint density at radius 3 is 2.25 bits per heavy atom. The Bertz CT molecular complexity index is 139. The molecule has 0 aliphatic heterocycles. The summed E-state index contributed by atoms with van der Waals surface area (Å²) in [5.74, 6) is -1.67. The van der Waals surface area contributed by atoms with E-state index in [1.165, 1.54) is 6.08 Å². The van der Waals surface area contributed by atoms with Gasteiger partial charge in [0.25, 0.3) is 0 Å². The van der Waals surface area contributed by atoms with E-state index in [2.05, 4.69) is 13.2 Å². The molecule has 0 fully saturated rings. The molecule has 2 heteroatoms. The molecule has 0 radical (unpaired) electrons. The Kier molecular flexibility index (Phi) is 5.68. The minimum atomic E-state index is -1.67. The SMILES string of the molecule is C=CCCCCCC(O)(O)C=C. The van der Waals surface area contributed by atoms with Crippen molar-refractivity contribution in [2.75, 3.05) is 0 Å².